The maximum atomic E-state index is 11.1. The number of carboxylic acid groups (broad SMARTS) is 1. The zero-order chi connectivity index (χ0) is 12.4. The van der Waals surface area contributed by atoms with Gasteiger partial charge in [-0.15, -0.1) is 0 Å². The molecule has 0 aromatic heterocycles. The Morgan fingerprint density at radius 1 is 1.18 bits per heavy atom. The predicted octanol–water partition coefficient (Wildman–Crippen LogP) is 2.88. The Kier molecular flexibility index (Phi) is 12.9. The number of unbranched alkanes of at least 4 members (excludes halogenated alkanes) is 4. The predicted molar refractivity (Wildman–Crippen MR) is 60.9 cm³/mol. The van der Waals surface area contributed by atoms with Crippen LogP contribution in [0.25, 0.3) is 0 Å². The Balaban J connectivity index is 0. The number of carbonyl (C=O) groups excluding carboxylic acids is 1. The molecule has 4 nitrogen and oxygen atoms in total. The standard InChI is InChI=1S/C12H20O4.Zn/c1-3-4-5-6-7-8-11(13)16-9-10(2)12(14)15;/h9H,3-8H2,1-2H3,(H,14,15);. The van der Waals surface area contributed by atoms with E-state index in [0.29, 0.717) is 6.42 Å². The van der Waals surface area contributed by atoms with Crippen LogP contribution in [0.4, 0.5) is 0 Å². The second-order valence-corrected chi connectivity index (χ2v) is 3.76. The molecule has 17 heavy (non-hydrogen) atoms. The first-order chi connectivity index (χ1) is 7.57. The molecule has 1 N–H and O–H groups in total. The van der Waals surface area contributed by atoms with Crippen LogP contribution in [0.15, 0.2) is 11.8 Å². The molecule has 0 spiro atoms. The maximum Gasteiger partial charge on any atom is 0.334 e. The van der Waals surface area contributed by atoms with Crippen molar-refractivity contribution in [2.75, 3.05) is 0 Å². The van der Waals surface area contributed by atoms with Crippen molar-refractivity contribution in [3.05, 3.63) is 11.8 Å². The van der Waals surface area contributed by atoms with Gasteiger partial charge in [-0.1, -0.05) is 32.6 Å². The minimum absolute atomic E-state index is 0. The minimum atomic E-state index is -1.07. The molecule has 0 heterocycles. The number of ether oxygens (including phenoxy) is 1. The summed E-state index contributed by atoms with van der Waals surface area (Å²) in [5.74, 6) is -1.44. The van der Waals surface area contributed by atoms with E-state index in [1.165, 1.54) is 19.8 Å². The summed E-state index contributed by atoms with van der Waals surface area (Å²) in [5, 5.41) is 8.51. The van der Waals surface area contributed by atoms with E-state index in [-0.39, 0.29) is 31.0 Å². The van der Waals surface area contributed by atoms with Gasteiger partial charge in [-0.25, -0.2) is 4.79 Å². The van der Waals surface area contributed by atoms with Gasteiger partial charge in [0.15, 0.2) is 0 Å². The third-order valence-corrected chi connectivity index (χ3v) is 2.19. The van der Waals surface area contributed by atoms with E-state index in [9.17, 15) is 9.59 Å². The molecule has 0 unspecified atom stereocenters. The Bertz CT molecular complexity index is 261. The summed E-state index contributed by atoms with van der Waals surface area (Å²) in [6.45, 7) is 3.52. The average Bonchev–Trinajstić information content (AvgIpc) is 2.25. The van der Waals surface area contributed by atoms with E-state index in [0.717, 1.165) is 25.5 Å². The third kappa shape index (κ3) is 11.6. The number of carbonyl (C=O) groups is 2. The molecule has 0 aliphatic heterocycles. The molecule has 0 aromatic rings. The van der Waals surface area contributed by atoms with Gasteiger partial charge in [0.25, 0.3) is 0 Å². The summed E-state index contributed by atoms with van der Waals surface area (Å²) in [7, 11) is 0. The first-order valence-corrected chi connectivity index (χ1v) is 5.67. The molecule has 0 saturated carbocycles. The summed E-state index contributed by atoms with van der Waals surface area (Å²) in [5.41, 5.74) is 0.0272. The van der Waals surface area contributed by atoms with Gasteiger partial charge in [-0.05, 0) is 13.3 Å². The second-order valence-electron chi connectivity index (χ2n) is 3.76. The van der Waals surface area contributed by atoms with Crippen molar-refractivity contribution >= 4 is 11.9 Å². The van der Waals surface area contributed by atoms with Crippen LogP contribution in [0.2, 0.25) is 0 Å². The molecule has 5 heteroatoms. The van der Waals surface area contributed by atoms with E-state index < -0.39 is 5.97 Å². The number of rotatable bonds is 8. The van der Waals surface area contributed by atoms with E-state index in [1.807, 2.05) is 0 Å². The number of carboxylic acids is 1. The molecule has 0 atom stereocenters. The molecule has 0 radical (unpaired) electrons. The normalized spacial score (nSPS) is 10.6. The number of hydrogen-bond acceptors (Lipinski definition) is 3. The van der Waals surface area contributed by atoms with Crippen molar-refractivity contribution in [1.82, 2.24) is 0 Å². The average molecular weight is 294 g/mol. The summed E-state index contributed by atoms with van der Waals surface area (Å²) >= 11 is 0. The third-order valence-electron chi connectivity index (χ3n) is 2.19. The van der Waals surface area contributed by atoms with Gasteiger partial charge >= 0.3 is 11.9 Å². The zero-order valence-electron chi connectivity index (χ0n) is 10.7. The molecule has 0 amide bonds. The van der Waals surface area contributed by atoms with Crippen molar-refractivity contribution in [2.24, 2.45) is 0 Å². The molecule has 0 aliphatic carbocycles. The number of aliphatic carboxylic acids is 1. The van der Waals surface area contributed by atoms with Crippen LogP contribution in [-0.2, 0) is 33.8 Å². The first-order valence-electron chi connectivity index (χ1n) is 5.67. The van der Waals surface area contributed by atoms with Gasteiger partial charge in [0, 0.05) is 25.9 Å². The van der Waals surface area contributed by atoms with Crippen LogP contribution in [0.5, 0.6) is 0 Å². The van der Waals surface area contributed by atoms with Gasteiger partial charge in [0.2, 0.25) is 0 Å². The fourth-order valence-corrected chi connectivity index (χ4v) is 1.14. The van der Waals surface area contributed by atoms with E-state index in [1.54, 1.807) is 0 Å². The van der Waals surface area contributed by atoms with Crippen LogP contribution < -0.4 is 0 Å². The molecule has 0 bridgehead atoms. The quantitative estimate of drug-likeness (QED) is 0.246. The van der Waals surface area contributed by atoms with E-state index >= 15 is 0 Å². The van der Waals surface area contributed by atoms with Crippen molar-refractivity contribution in [1.29, 1.82) is 0 Å². The smallest absolute Gasteiger partial charge is 0.334 e. The number of esters is 1. The van der Waals surface area contributed by atoms with E-state index in [4.69, 9.17) is 5.11 Å². The van der Waals surface area contributed by atoms with Crippen LogP contribution in [0.3, 0.4) is 0 Å². The largest absolute Gasteiger partial charge is 0.478 e. The minimum Gasteiger partial charge on any atom is -0.478 e. The van der Waals surface area contributed by atoms with Crippen molar-refractivity contribution in [3.8, 4) is 0 Å². The Morgan fingerprint density at radius 3 is 2.29 bits per heavy atom. The fourth-order valence-electron chi connectivity index (χ4n) is 1.14. The van der Waals surface area contributed by atoms with Gasteiger partial charge in [-0.3, -0.25) is 4.79 Å². The fraction of sp³-hybridized carbons (Fsp3) is 0.667. The topological polar surface area (TPSA) is 63.6 Å². The van der Waals surface area contributed by atoms with Crippen molar-refractivity contribution in [2.45, 2.75) is 52.4 Å². The van der Waals surface area contributed by atoms with Crippen molar-refractivity contribution < 1.29 is 38.9 Å². The molecule has 0 aliphatic rings. The molecular weight excluding hydrogens is 274 g/mol. The monoisotopic (exact) mass is 292 g/mol. The maximum absolute atomic E-state index is 11.1. The Hall–Kier alpha value is -0.697. The summed E-state index contributed by atoms with van der Waals surface area (Å²) < 4.78 is 4.69. The Labute approximate surface area is 115 Å². The van der Waals surface area contributed by atoms with Crippen LogP contribution >= 0.6 is 0 Å². The molecule has 0 aromatic carbocycles. The van der Waals surface area contributed by atoms with Crippen LogP contribution in [0, 0.1) is 0 Å². The van der Waals surface area contributed by atoms with Gasteiger partial charge in [-0.2, -0.15) is 0 Å². The summed E-state index contributed by atoms with van der Waals surface area (Å²) in [4.78, 5) is 21.5. The first kappa shape index (κ1) is 18.7. The van der Waals surface area contributed by atoms with Gasteiger partial charge < -0.3 is 9.84 Å². The van der Waals surface area contributed by atoms with Crippen LogP contribution in [0.1, 0.15) is 52.4 Å². The zero-order valence-corrected chi connectivity index (χ0v) is 13.7. The molecular formula is C12H20O4Zn. The molecule has 0 rings (SSSR count). The summed E-state index contributed by atoms with van der Waals surface area (Å²) in [6, 6.07) is 0. The molecule has 94 valence electrons. The summed E-state index contributed by atoms with van der Waals surface area (Å²) in [6.07, 6.45) is 6.67. The number of hydrogen-bond donors (Lipinski definition) is 1. The van der Waals surface area contributed by atoms with Gasteiger partial charge in [0.05, 0.1) is 5.57 Å². The SMILES string of the molecule is CCCCCCCC(=O)OC=C(C)C(=O)O.[Zn]. The molecule has 0 fully saturated rings. The van der Waals surface area contributed by atoms with Gasteiger partial charge in [0.1, 0.15) is 6.26 Å². The van der Waals surface area contributed by atoms with E-state index in [2.05, 4.69) is 11.7 Å². The Morgan fingerprint density at radius 2 is 1.76 bits per heavy atom. The second kappa shape index (κ2) is 11.8. The van der Waals surface area contributed by atoms with Crippen LogP contribution in [-0.4, -0.2) is 17.0 Å². The molecule has 0 saturated heterocycles. The van der Waals surface area contributed by atoms with Crippen molar-refractivity contribution in [3.63, 3.8) is 0 Å².